The zero-order chi connectivity index (χ0) is 13.4. The number of hydrogen-bond donors (Lipinski definition) is 2. The fraction of sp³-hybridized carbons (Fsp3) is 0.154. The first-order chi connectivity index (χ1) is 9.22. The minimum absolute atomic E-state index is 0.00392. The molecule has 0 aliphatic heterocycles. The number of rotatable bonds is 2. The van der Waals surface area contributed by atoms with Crippen LogP contribution >= 0.6 is 0 Å². The molecule has 0 radical (unpaired) electrons. The van der Waals surface area contributed by atoms with Gasteiger partial charge in [0.15, 0.2) is 0 Å². The van der Waals surface area contributed by atoms with Gasteiger partial charge < -0.3 is 14.7 Å². The Labute approximate surface area is 107 Å². The van der Waals surface area contributed by atoms with E-state index in [1.165, 1.54) is 6.20 Å². The summed E-state index contributed by atoms with van der Waals surface area (Å²) < 4.78 is 4.85. The second-order valence-corrected chi connectivity index (χ2v) is 4.04. The summed E-state index contributed by atoms with van der Waals surface area (Å²) in [4.78, 5) is 34.0. The predicted octanol–water partition coefficient (Wildman–Crippen LogP) is 1.58. The molecule has 0 fully saturated rings. The quantitative estimate of drug-likeness (QED) is 0.682. The van der Waals surface area contributed by atoms with E-state index in [4.69, 9.17) is 4.74 Å². The van der Waals surface area contributed by atoms with Crippen LogP contribution in [0.15, 0.2) is 29.5 Å². The molecule has 1 aromatic carbocycles. The van der Waals surface area contributed by atoms with Crippen LogP contribution in [-0.2, 0) is 4.74 Å². The second kappa shape index (κ2) is 4.24. The van der Waals surface area contributed by atoms with E-state index in [1.54, 1.807) is 25.4 Å². The molecule has 19 heavy (non-hydrogen) atoms. The number of nitrogens with zero attached hydrogens (tertiary/aromatic N) is 1. The predicted molar refractivity (Wildman–Crippen MR) is 70.2 cm³/mol. The third kappa shape index (κ3) is 1.69. The molecule has 0 saturated heterocycles. The summed E-state index contributed by atoms with van der Waals surface area (Å²) >= 11 is 0. The van der Waals surface area contributed by atoms with Crippen molar-refractivity contribution >= 4 is 27.9 Å². The van der Waals surface area contributed by atoms with Gasteiger partial charge in [-0.1, -0.05) is 0 Å². The monoisotopic (exact) mass is 257 g/mol. The minimum Gasteiger partial charge on any atom is -0.462 e. The van der Waals surface area contributed by atoms with Gasteiger partial charge in [-0.3, -0.25) is 4.79 Å². The molecule has 0 atom stereocenters. The molecule has 6 heteroatoms. The number of H-pyrrole nitrogens is 2. The van der Waals surface area contributed by atoms with Crippen molar-refractivity contribution in [3.05, 3.63) is 40.4 Å². The highest BCUT2D eigenvalue weighted by molar-refractivity contribution is 6.03. The molecule has 3 rings (SSSR count). The Bertz CT molecular complexity index is 832. The van der Waals surface area contributed by atoms with Gasteiger partial charge in [0.25, 0.3) is 0 Å². The number of fused-ring (bicyclic) bond motifs is 3. The van der Waals surface area contributed by atoms with E-state index in [2.05, 4.69) is 15.0 Å². The van der Waals surface area contributed by atoms with Crippen molar-refractivity contribution in [1.29, 1.82) is 0 Å². The van der Waals surface area contributed by atoms with Gasteiger partial charge >= 0.3 is 5.97 Å². The molecule has 3 aromatic rings. The average molecular weight is 257 g/mol. The van der Waals surface area contributed by atoms with Crippen LogP contribution < -0.4 is 5.43 Å². The van der Waals surface area contributed by atoms with Gasteiger partial charge in [-0.2, -0.15) is 0 Å². The number of carbonyl (C=O) groups is 1. The number of aromatic amines is 2. The Morgan fingerprint density at radius 2 is 2.21 bits per heavy atom. The molecular formula is C13H11N3O3. The van der Waals surface area contributed by atoms with Gasteiger partial charge in [0, 0.05) is 11.6 Å². The molecule has 2 heterocycles. The van der Waals surface area contributed by atoms with Crippen LogP contribution in [0.1, 0.15) is 17.3 Å². The molecule has 2 aromatic heterocycles. The number of carbonyl (C=O) groups excluding carboxylic acids is 1. The maximum Gasteiger partial charge on any atom is 0.343 e. The van der Waals surface area contributed by atoms with Crippen LogP contribution in [0.2, 0.25) is 0 Å². The number of pyridine rings is 1. The smallest absolute Gasteiger partial charge is 0.343 e. The van der Waals surface area contributed by atoms with Crippen LogP contribution in [-0.4, -0.2) is 27.5 Å². The number of nitrogens with one attached hydrogen (secondary N) is 2. The fourth-order valence-corrected chi connectivity index (χ4v) is 2.06. The third-order valence-corrected chi connectivity index (χ3v) is 2.94. The molecule has 0 saturated carbocycles. The van der Waals surface area contributed by atoms with E-state index in [9.17, 15) is 9.59 Å². The Morgan fingerprint density at radius 3 is 3.00 bits per heavy atom. The van der Waals surface area contributed by atoms with Crippen molar-refractivity contribution in [2.24, 2.45) is 0 Å². The van der Waals surface area contributed by atoms with Crippen molar-refractivity contribution in [2.75, 3.05) is 6.61 Å². The van der Waals surface area contributed by atoms with Gasteiger partial charge in [-0.25, -0.2) is 9.78 Å². The van der Waals surface area contributed by atoms with Crippen molar-refractivity contribution in [3.63, 3.8) is 0 Å². The summed E-state index contributed by atoms with van der Waals surface area (Å²) in [6.45, 7) is 1.93. The first-order valence-electron chi connectivity index (χ1n) is 5.87. The second-order valence-electron chi connectivity index (χ2n) is 4.04. The molecule has 0 spiro atoms. The van der Waals surface area contributed by atoms with E-state index in [0.717, 1.165) is 5.52 Å². The molecule has 2 N–H and O–H groups in total. The summed E-state index contributed by atoms with van der Waals surface area (Å²) in [7, 11) is 0. The topological polar surface area (TPSA) is 87.8 Å². The number of imidazole rings is 1. The fourth-order valence-electron chi connectivity index (χ4n) is 2.06. The number of aromatic nitrogens is 3. The van der Waals surface area contributed by atoms with Crippen molar-refractivity contribution in [1.82, 2.24) is 15.0 Å². The SMILES string of the molecule is CCOC(=O)c1c[nH]c2c(ccc3[nH]cnc32)c1=O. The summed E-state index contributed by atoms with van der Waals surface area (Å²) in [5.74, 6) is -0.618. The molecule has 0 unspecified atom stereocenters. The van der Waals surface area contributed by atoms with Gasteiger partial charge in [0.2, 0.25) is 5.43 Å². The van der Waals surface area contributed by atoms with Gasteiger partial charge in [-0.05, 0) is 19.1 Å². The van der Waals surface area contributed by atoms with Crippen LogP contribution in [0.25, 0.3) is 21.9 Å². The summed E-state index contributed by atoms with van der Waals surface area (Å²) in [6, 6.07) is 3.42. The van der Waals surface area contributed by atoms with E-state index in [1.807, 2.05) is 0 Å². The van der Waals surface area contributed by atoms with Crippen LogP contribution in [0.5, 0.6) is 0 Å². The van der Waals surface area contributed by atoms with Crippen LogP contribution in [0.4, 0.5) is 0 Å². The van der Waals surface area contributed by atoms with Crippen LogP contribution in [0.3, 0.4) is 0 Å². The lowest BCUT2D eigenvalue weighted by Gasteiger charge is -2.03. The van der Waals surface area contributed by atoms with E-state index in [-0.39, 0.29) is 17.6 Å². The van der Waals surface area contributed by atoms with E-state index < -0.39 is 5.97 Å². The molecule has 0 aliphatic carbocycles. The molecule has 0 bridgehead atoms. The Hall–Kier alpha value is -2.63. The Kier molecular flexibility index (Phi) is 2.56. The number of ether oxygens (including phenoxy) is 1. The van der Waals surface area contributed by atoms with Gasteiger partial charge in [0.1, 0.15) is 11.1 Å². The van der Waals surface area contributed by atoms with Crippen molar-refractivity contribution in [2.45, 2.75) is 6.92 Å². The molecular weight excluding hydrogens is 246 g/mol. The highest BCUT2D eigenvalue weighted by Crippen LogP contribution is 2.18. The molecule has 96 valence electrons. The maximum atomic E-state index is 12.3. The highest BCUT2D eigenvalue weighted by atomic mass is 16.5. The lowest BCUT2D eigenvalue weighted by molar-refractivity contribution is 0.0524. The van der Waals surface area contributed by atoms with Crippen molar-refractivity contribution in [3.8, 4) is 0 Å². The Morgan fingerprint density at radius 1 is 1.37 bits per heavy atom. The first kappa shape index (κ1) is 11.5. The third-order valence-electron chi connectivity index (χ3n) is 2.94. The standard InChI is InChI=1S/C13H11N3O3/c1-2-19-13(18)8-5-14-10-7(12(8)17)3-4-9-11(10)16-6-15-9/h3-6H,2H2,1H3,(H,14,17)(H,15,16). The molecule has 0 aliphatic rings. The lowest BCUT2D eigenvalue weighted by atomic mass is 10.1. The zero-order valence-corrected chi connectivity index (χ0v) is 10.2. The molecule has 0 amide bonds. The number of hydrogen-bond acceptors (Lipinski definition) is 4. The summed E-state index contributed by atoms with van der Waals surface area (Å²) in [5, 5.41) is 0.421. The first-order valence-corrected chi connectivity index (χ1v) is 5.87. The summed E-state index contributed by atoms with van der Waals surface area (Å²) in [6.07, 6.45) is 2.93. The van der Waals surface area contributed by atoms with Gasteiger partial charge in [0.05, 0.1) is 24.0 Å². The number of esters is 1. The lowest BCUT2D eigenvalue weighted by Crippen LogP contribution is -2.18. The van der Waals surface area contributed by atoms with Crippen molar-refractivity contribution < 1.29 is 9.53 Å². The molecule has 6 nitrogen and oxygen atoms in total. The van der Waals surface area contributed by atoms with E-state index in [0.29, 0.717) is 16.4 Å². The zero-order valence-electron chi connectivity index (χ0n) is 10.2. The maximum absolute atomic E-state index is 12.3. The summed E-state index contributed by atoms with van der Waals surface area (Å²) in [5.41, 5.74) is 1.76. The van der Waals surface area contributed by atoms with Gasteiger partial charge in [-0.15, -0.1) is 0 Å². The largest absolute Gasteiger partial charge is 0.462 e. The Balaban J connectivity index is 2.30. The minimum atomic E-state index is -0.618. The van der Waals surface area contributed by atoms with E-state index >= 15 is 0 Å². The number of benzene rings is 1. The van der Waals surface area contributed by atoms with Crippen LogP contribution in [0, 0.1) is 0 Å². The highest BCUT2D eigenvalue weighted by Gasteiger charge is 2.15. The normalized spacial score (nSPS) is 11.0. The average Bonchev–Trinajstić information content (AvgIpc) is 2.87.